The minimum absolute atomic E-state index is 0.171. The fraction of sp³-hybridized carbons (Fsp3) is 0.222. The van der Waals surface area contributed by atoms with Gasteiger partial charge in [-0.1, -0.05) is 42.5 Å². The van der Waals surface area contributed by atoms with Gasteiger partial charge in [-0.3, -0.25) is 4.79 Å². The molecule has 1 aliphatic carbocycles. The first kappa shape index (κ1) is 15.1. The van der Waals surface area contributed by atoms with Gasteiger partial charge >= 0.3 is 12.1 Å². The van der Waals surface area contributed by atoms with Crippen LogP contribution in [-0.4, -0.2) is 25.7 Å². The number of fused-ring (bicyclic) bond motifs is 3. The summed E-state index contributed by atoms with van der Waals surface area (Å²) < 4.78 is 9.64. The third-order valence-corrected chi connectivity index (χ3v) is 3.91. The van der Waals surface area contributed by atoms with Crippen LogP contribution in [-0.2, 0) is 27.3 Å². The fourth-order valence-corrected chi connectivity index (χ4v) is 2.77. The topological polar surface area (TPSA) is 64.6 Å². The number of hydrogen-bond acceptors (Lipinski definition) is 4. The average Bonchev–Trinajstić information content (AvgIpc) is 2.97. The third-order valence-electron chi connectivity index (χ3n) is 3.91. The smallest absolute Gasteiger partial charge is 0.407 e. The molecule has 0 heterocycles. The quantitative estimate of drug-likeness (QED) is 0.752. The number of carbonyl (C=O) groups excluding carboxylic acids is 2. The van der Waals surface area contributed by atoms with Crippen LogP contribution in [0, 0.1) is 0 Å². The first-order valence-electron chi connectivity index (χ1n) is 7.35. The molecule has 0 aromatic heterocycles. The van der Waals surface area contributed by atoms with Gasteiger partial charge in [0, 0.05) is 0 Å². The number of alkyl carbamates (subject to hydrolysis) is 1. The van der Waals surface area contributed by atoms with Gasteiger partial charge in [-0.15, -0.1) is 0 Å². The molecule has 0 spiro atoms. The molecule has 0 saturated carbocycles. The molecule has 0 radical (unpaired) electrons. The van der Waals surface area contributed by atoms with E-state index in [1.54, 1.807) is 0 Å². The highest BCUT2D eigenvalue weighted by Gasteiger charge is 2.20. The number of amides is 1. The molecular weight excluding hydrogens is 294 g/mol. The minimum atomic E-state index is -0.636. The summed E-state index contributed by atoms with van der Waals surface area (Å²) in [6.07, 6.45) is 0.206. The number of ether oxygens (including phenoxy) is 2. The summed E-state index contributed by atoms with van der Waals surface area (Å²) in [7, 11) is 1.26. The normalized spacial score (nSPS) is 11.3. The molecule has 5 heteroatoms. The zero-order valence-corrected chi connectivity index (χ0v) is 12.8. The zero-order chi connectivity index (χ0) is 16.2. The van der Waals surface area contributed by atoms with Gasteiger partial charge in [0.1, 0.15) is 13.2 Å². The van der Waals surface area contributed by atoms with Crippen molar-refractivity contribution in [2.75, 3.05) is 13.7 Å². The molecule has 0 fully saturated rings. The van der Waals surface area contributed by atoms with E-state index in [1.807, 2.05) is 24.3 Å². The number of carbonyl (C=O) groups is 2. The van der Waals surface area contributed by atoms with E-state index in [0.717, 1.165) is 12.0 Å². The van der Waals surface area contributed by atoms with Crippen LogP contribution in [0.4, 0.5) is 4.79 Å². The highest BCUT2D eigenvalue weighted by atomic mass is 16.6. The van der Waals surface area contributed by atoms with E-state index >= 15 is 0 Å². The van der Waals surface area contributed by atoms with Crippen molar-refractivity contribution in [3.05, 3.63) is 59.2 Å². The van der Waals surface area contributed by atoms with Crippen LogP contribution in [0.25, 0.3) is 11.1 Å². The molecule has 2 aromatic carbocycles. The summed E-state index contributed by atoms with van der Waals surface area (Å²) in [4.78, 5) is 22.6. The molecule has 5 nitrogen and oxygen atoms in total. The van der Waals surface area contributed by atoms with Crippen molar-refractivity contribution in [1.29, 1.82) is 0 Å². The van der Waals surface area contributed by atoms with Crippen molar-refractivity contribution in [2.45, 2.75) is 13.0 Å². The lowest BCUT2D eigenvalue weighted by Crippen LogP contribution is -2.30. The number of hydrogen-bond donors (Lipinski definition) is 1. The van der Waals surface area contributed by atoms with Gasteiger partial charge in [-0.25, -0.2) is 4.79 Å². The second-order valence-electron chi connectivity index (χ2n) is 5.28. The van der Waals surface area contributed by atoms with E-state index in [2.05, 4.69) is 28.3 Å². The van der Waals surface area contributed by atoms with Gasteiger partial charge in [-0.05, 0) is 34.2 Å². The average molecular weight is 311 g/mol. The first-order valence-corrected chi connectivity index (χ1v) is 7.35. The van der Waals surface area contributed by atoms with Crippen molar-refractivity contribution >= 4 is 12.1 Å². The molecule has 0 unspecified atom stereocenters. The minimum Gasteiger partial charge on any atom is -0.468 e. The lowest BCUT2D eigenvalue weighted by Gasteiger charge is -2.10. The van der Waals surface area contributed by atoms with Crippen LogP contribution >= 0.6 is 0 Å². The molecule has 1 amide bonds. The summed E-state index contributed by atoms with van der Waals surface area (Å²) in [6.45, 7) is -0.0299. The Hall–Kier alpha value is -2.82. The highest BCUT2D eigenvalue weighted by Crippen LogP contribution is 2.38. The van der Waals surface area contributed by atoms with Crippen LogP contribution in [0.3, 0.4) is 0 Å². The molecule has 3 rings (SSSR count). The number of esters is 1. The van der Waals surface area contributed by atoms with Crippen molar-refractivity contribution in [2.24, 2.45) is 0 Å². The van der Waals surface area contributed by atoms with Crippen molar-refractivity contribution in [3.63, 3.8) is 0 Å². The van der Waals surface area contributed by atoms with Crippen molar-refractivity contribution in [3.8, 4) is 11.1 Å². The summed E-state index contributed by atoms with van der Waals surface area (Å²) in [5.41, 5.74) is 5.88. The molecule has 118 valence electrons. The molecule has 2 aromatic rings. The number of methoxy groups -OCH3 is 1. The van der Waals surface area contributed by atoms with Gasteiger partial charge in [-0.2, -0.15) is 0 Å². The molecule has 23 heavy (non-hydrogen) atoms. The number of rotatable bonds is 4. The maximum atomic E-state index is 11.6. The van der Waals surface area contributed by atoms with Gasteiger partial charge in [0.25, 0.3) is 0 Å². The zero-order valence-electron chi connectivity index (χ0n) is 12.8. The molecule has 0 atom stereocenters. The SMILES string of the molecule is COC(=O)CNC(=O)OCc1cccc2c1Cc1ccccc1-2. The highest BCUT2D eigenvalue weighted by molar-refractivity contribution is 5.79. The van der Waals surface area contributed by atoms with Crippen LogP contribution in [0.2, 0.25) is 0 Å². The monoisotopic (exact) mass is 311 g/mol. The van der Waals surface area contributed by atoms with E-state index in [0.29, 0.717) is 0 Å². The van der Waals surface area contributed by atoms with Crippen molar-refractivity contribution < 1.29 is 19.1 Å². The van der Waals surface area contributed by atoms with Gasteiger partial charge in [0.2, 0.25) is 0 Å². The summed E-state index contributed by atoms with van der Waals surface area (Å²) in [6, 6.07) is 14.3. The van der Waals surface area contributed by atoms with Gasteiger partial charge in [0.15, 0.2) is 0 Å². The second-order valence-corrected chi connectivity index (χ2v) is 5.28. The molecule has 0 bridgehead atoms. The summed E-state index contributed by atoms with van der Waals surface area (Å²) in [5.74, 6) is -0.516. The Morgan fingerprint density at radius 2 is 1.87 bits per heavy atom. The van der Waals surface area contributed by atoms with Crippen LogP contribution in [0.5, 0.6) is 0 Å². The largest absolute Gasteiger partial charge is 0.468 e. The Morgan fingerprint density at radius 1 is 1.09 bits per heavy atom. The van der Waals surface area contributed by atoms with E-state index in [9.17, 15) is 9.59 Å². The maximum absolute atomic E-state index is 11.6. The fourth-order valence-electron chi connectivity index (χ4n) is 2.77. The van der Waals surface area contributed by atoms with E-state index in [4.69, 9.17) is 4.74 Å². The lowest BCUT2D eigenvalue weighted by molar-refractivity contribution is -0.139. The number of benzene rings is 2. The van der Waals surface area contributed by atoms with Crippen LogP contribution in [0.1, 0.15) is 16.7 Å². The molecule has 0 aliphatic heterocycles. The molecule has 1 N–H and O–H groups in total. The van der Waals surface area contributed by atoms with Crippen LogP contribution < -0.4 is 5.32 Å². The Bertz CT molecular complexity index is 754. The predicted octanol–water partition coefficient (Wildman–Crippen LogP) is 2.66. The Morgan fingerprint density at radius 3 is 2.70 bits per heavy atom. The van der Waals surface area contributed by atoms with Crippen molar-refractivity contribution in [1.82, 2.24) is 5.32 Å². The van der Waals surface area contributed by atoms with Gasteiger partial charge in [0.05, 0.1) is 7.11 Å². The predicted molar refractivity (Wildman–Crippen MR) is 84.9 cm³/mol. The maximum Gasteiger partial charge on any atom is 0.407 e. The van der Waals surface area contributed by atoms with Crippen LogP contribution in [0.15, 0.2) is 42.5 Å². The summed E-state index contributed by atoms with van der Waals surface area (Å²) >= 11 is 0. The summed E-state index contributed by atoms with van der Waals surface area (Å²) in [5, 5.41) is 2.35. The number of nitrogens with one attached hydrogen (secondary N) is 1. The van der Waals surface area contributed by atoms with E-state index in [-0.39, 0.29) is 13.2 Å². The Balaban J connectivity index is 1.67. The first-order chi connectivity index (χ1) is 11.2. The van der Waals surface area contributed by atoms with E-state index < -0.39 is 12.1 Å². The second kappa shape index (κ2) is 6.52. The molecule has 1 aliphatic rings. The third kappa shape index (κ3) is 3.18. The Kier molecular flexibility index (Phi) is 4.28. The Labute approximate surface area is 134 Å². The molecule has 0 saturated heterocycles. The standard InChI is InChI=1S/C18H17NO4/c1-22-17(20)10-19-18(21)23-11-13-6-4-8-15-14-7-3-2-5-12(14)9-16(13)15/h2-8H,9-11H2,1H3,(H,19,21). The van der Waals surface area contributed by atoms with Gasteiger partial charge < -0.3 is 14.8 Å². The van der Waals surface area contributed by atoms with E-state index in [1.165, 1.54) is 29.4 Å². The lowest BCUT2D eigenvalue weighted by atomic mass is 10.0. The molecular formula is C18H17NO4.